The Balaban J connectivity index is 1.67. The molecule has 4 heteroatoms. The van der Waals surface area contributed by atoms with Crippen molar-refractivity contribution in [3.05, 3.63) is 71.6 Å². The molecular formula is C19H21N3O. The third kappa shape index (κ3) is 3.85. The average molecular weight is 307 g/mol. The molecule has 0 radical (unpaired) electrons. The molecule has 1 fully saturated rings. The van der Waals surface area contributed by atoms with Crippen LogP contribution in [0, 0.1) is 6.92 Å². The van der Waals surface area contributed by atoms with Crippen LogP contribution in [0.2, 0.25) is 0 Å². The molecule has 2 aromatic rings. The van der Waals surface area contributed by atoms with Gasteiger partial charge < -0.3 is 10.2 Å². The Morgan fingerprint density at radius 1 is 1.30 bits per heavy atom. The number of benzene rings is 1. The number of carbonyl (C=O) groups is 1. The fraction of sp³-hybridized carbons (Fsp3) is 0.263. The number of amides is 1. The minimum absolute atomic E-state index is 0.0516. The molecule has 4 nitrogen and oxygen atoms in total. The third-order valence-corrected chi connectivity index (χ3v) is 4.17. The van der Waals surface area contributed by atoms with Gasteiger partial charge >= 0.3 is 0 Å². The lowest BCUT2D eigenvalue weighted by Gasteiger charge is -2.33. The Kier molecular flexibility index (Phi) is 4.83. The van der Waals surface area contributed by atoms with E-state index in [1.807, 2.05) is 42.2 Å². The number of nitrogens with zero attached hydrogens (tertiary/aromatic N) is 2. The standard InChI is InChI=1S/C19H21N3O/c1-15-9-10-20-13-17(15)7-8-19(23)22-12-11-21-18(14-22)16-5-3-2-4-6-16/h2-10,13,18,21H,11-12,14H2,1H3/b8-7+. The van der Waals surface area contributed by atoms with Crippen molar-refractivity contribution in [3.8, 4) is 0 Å². The van der Waals surface area contributed by atoms with Gasteiger partial charge in [0, 0.05) is 44.1 Å². The Bertz CT molecular complexity index is 697. The van der Waals surface area contributed by atoms with Crippen LogP contribution in [0.15, 0.2) is 54.9 Å². The first kappa shape index (κ1) is 15.4. The summed E-state index contributed by atoms with van der Waals surface area (Å²) in [5.74, 6) is 0.0516. The molecule has 1 aliphatic heterocycles. The maximum Gasteiger partial charge on any atom is 0.246 e. The summed E-state index contributed by atoms with van der Waals surface area (Å²) in [6.07, 6.45) is 7.04. The van der Waals surface area contributed by atoms with Crippen molar-refractivity contribution in [1.29, 1.82) is 0 Å². The van der Waals surface area contributed by atoms with Crippen molar-refractivity contribution in [3.63, 3.8) is 0 Å². The van der Waals surface area contributed by atoms with Crippen LogP contribution in [0.5, 0.6) is 0 Å². The number of hydrogen-bond donors (Lipinski definition) is 1. The molecule has 1 aliphatic rings. The van der Waals surface area contributed by atoms with Crippen molar-refractivity contribution < 1.29 is 4.79 Å². The zero-order valence-corrected chi connectivity index (χ0v) is 13.3. The monoisotopic (exact) mass is 307 g/mol. The molecule has 118 valence electrons. The molecule has 1 amide bonds. The van der Waals surface area contributed by atoms with Crippen LogP contribution in [0.25, 0.3) is 6.08 Å². The Morgan fingerprint density at radius 3 is 2.91 bits per heavy atom. The van der Waals surface area contributed by atoms with Crippen LogP contribution in [0.4, 0.5) is 0 Å². The van der Waals surface area contributed by atoms with E-state index in [-0.39, 0.29) is 11.9 Å². The van der Waals surface area contributed by atoms with Gasteiger partial charge in [-0.3, -0.25) is 9.78 Å². The van der Waals surface area contributed by atoms with E-state index in [0.29, 0.717) is 6.54 Å². The van der Waals surface area contributed by atoms with E-state index < -0.39 is 0 Å². The van der Waals surface area contributed by atoms with Gasteiger partial charge in [0.05, 0.1) is 0 Å². The van der Waals surface area contributed by atoms with E-state index in [0.717, 1.165) is 24.2 Å². The Morgan fingerprint density at radius 2 is 2.13 bits per heavy atom. The summed E-state index contributed by atoms with van der Waals surface area (Å²) in [7, 11) is 0. The summed E-state index contributed by atoms with van der Waals surface area (Å²) in [4.78, 5) is 18.5. The largest absolute Gasteiger partial charge is 0.336 e. The average Bonchev–Trinajstić information content (AvgIpc) is 2.62. The molecule has 3 rings (SSSR count). The predicted molar refractivity (Wildman–Crippen MR) is 91.8 cm³/mol. The maximum absolute atomic E-state index is 12.5. The number of aromatic nitrogens is 1. The summed E-state index contributed by atoms with van der Waals surface area (Å²) in [5, 5.41) is 3.48. The highest BCUT2D eigenvalue weighted by Gasteiger charge is 2.22. The van der Waals surface area contributed by atoms with Crippen LogP contribution < -0.4 is 5.32 Å². The van der Waals surface area contributed by atoms with E-state index in [9.17, 15) is 4.79 Å². The Hall–Kier alpha value is -2.46. The molecule has 0 aliphatic carbocycles. The fourth-order valence-corrected chi connectivity index (χ4v) is 2.78. The SMILES string of the molecule is Cc1ccncc1/C=C/C(=O)N1CCNC(c2ccccc2)C1. The molecule has 1 N–H and O–H groups in total. The van der Waals surface area contributed by atoms with Crippen molar-refractivity contribution in [1.82, 2.24) is 15.2 Å². The molecule has 1 saturated heterocycles. The summed E-state index contributed by atoms with van der Waals surface area (Å²) in [6, 6.07) is 12.4. The van der Waals surface area contributed by atoms with Crippen LogP contribution in [0.3, 0.4) is 0 Å². The molecule has 2 heterocycles. The number of rotatable bonds is 3. The predicted octanol–water partition coefficient (Wildman–Crippen LogP) is 2.58. The summed E-state index contributed by atoms with van der Waals surface area (Å²) in [5.41, 5.74) is 3.32. The zero-order chi connectivity index (χ0) is 16.1. The number of hydrogen-bond acceptors (Lipinski definition) is 3. The van der Waals surface area contributed by atoms with E-state index in [2.05, 4.69) is 22.4 Å². The molecule has 1 atom stereocenters. The summed E-state index contributed by atoms with van der Waals surface area (Å²) < 4.78 is 0. The van der Waals surface area contributed by atoms with Crippen LogP contribution >= 0.6 is 0 Å². The maximum atomic E-state index is 12.5. The third-order valence-electron chi connectivity index (χ3n) is 4.17. The highest BCUT2D eigenvalue weighted by Crippen LogP contribution is 2.17. The van der Waals surface area contributed by atoms with Crippen molar-refractivity contribution >= 4 is 12.0 Å². The van der Waals surface area contributed by atoms with Gasteiger partial charge in [-0.15, -0.1) is 0 Å². The van der Waals surface area contributed by atoms with Gasteiger partial charge in [0.15, 0.2) is 0 Å². The normalized spacial score (nSPS) is 18.3. The molecule has 1 aromatic heterocycles. The second-order valence-corrected chi connectivity index (χ2v) is 5.77. The molecule has 0 saturated carbocycles. The lowest BCUT2D eigenvalue weighted by molar-refractivity contribution is -0.127. The van der Waals surface area contributed by atoms with E-state index in [4.69, 9.17) is 0 Å². The number of aryl methyl sites for hydroxylation is 1. The van der Waals surface area contributed by atoms with Gasteiger partial charge in [0.25, 0.3) is 0 Å². The highest BCUT2D eigenvalue weighted by molar-refractivity contribution is 5.92. The van der Waals surface area contributed by atoms with Gasteiger partial charge in [0.1, 0.15) is 0 Å². The number of nitrogens with one attached hydrogen (secondary N) is 1. The van der Waals surface area contributed by atoms with Gasteiger partial charge in [-0.2, -0.15) is 0 Å². The molecular weight excluding hydrogens is 286 g/mol. The van der Waals surface area contributed by atoms with Crippen molar-refractivity contribution in [2.45, 2.75) is 13.0 Å². The summed E-state index contributed by atoms with van der Waals surface area (Å²) in [6.45, 7) is 4.25. The smallest absolute Gasteiger partial charge is 0.246 e. The minimum Gasteiger partial charge on any atom is -0.336 e. The van der Waals surface area contributed by atoms with Crippen molar-refractivity contribution in [2.24, 2.45) is 0 Å². The first-order valence-electron chi connectivity index (χ1n) is 7.90. The second kappa shape index (κ2) is 7.20. The van der Waals surface area contributed by atoms with Gasteiger partial charge in [0.2, 0.25) is 5.91 Å². The molecule has 0 bridgehead atoms. The quantitative estimate of drug-likeness (QED) is 0.887. The first-order chi connectivity index (χ1) is 11.2. The summed E-state index contributed by atoms with van der Waals surface area (Å²) >= 11 is 0. The number of carbonyl (C=O) groups excluding carboxylic acids is 1. The van der Waals surface area contributed by atoms with Crippen LogP contribution in [-0.2, 0) is 4.79 Å². The lowest BCUT2D eigenvalue weighted by atomic mass is 10.0. The molecule has 1 unspecified atom stereocenters. The van der Waals surface area contributed by atoms with Gasteiger partial charge in [-0.25, -0.2) is 0 Å². The first-order valence-corrected chi connectivity index (χ1v) is 7.90. The van der Waals surface area contributed by atoms with E-state index in [1.165, 1.54) is 5.56 Å². The van der Waals surface area contributed by atoms with Crippen LogP contribution in [0.1, 0.15) is 22.7 Å². The van der Waals surface area contributed by atoms with E-state index in [1.54, 1.807) is 18.5 Å². The van der Waals surface area contributed by atoms with E-state index >= 15 is 0 Å². The topological polar surface area (TPSA) is 45.2 Å². The minimum atomic E-state index is 0.0516. The van der Waals surface area contributed by atoms with Crippen molar-refractivity contribution in [2.75, 3.05) is 19.6 Å². The second-order valence-electron chi connectivity index (χ2n) is 5.77. The number of piperazine rings is 1. The number of pyridine rings is 1. The fourth-order valence-electron chi connectivity index (χ4n) is 2.78. The highest BCUT2D eigenvalue weighted by atomic mass is 16.2. The molecule has 1 aromatic carbocycles. The lowest BCUT2D eigenvalue weighted by Crippen LogP contribution is -2.47. The molecule has 23 heavy (non-hydrogen) atoms. The van der Waals surface area contributed by atoms with Gasteiger partial charge in [-0.05, 0) is 35.8 Å². The van der Waals surface area contributed by atoms with Crippen LogP contribution in [-0.4, -0.2) is 35.4 Å². The zero-order valence-electron chi connectivity index (χ0n) is 13.3. The Labute approximate surface area is 136 Å². The van der Waals surface area contributed by atoms with Gasteiger partial charge in [-0.1, -0.05) is 30.3 Å². The molecule has 0 spiro atoms.